The van der Waals surface area contributed by atoms with E-state index >= 15 is 0 Å². The molecule has 0 aliphatic heterocycles. The molecule has 0 bridgehead atoms. The van der Waals surface area contributed by atoms with Gasteiger partial charge in [-0.25, -0.2) is 4.98 Å². The van der Waals surface area contributed by atoms with Crippen molar-refractivity contribution in [1.82, 2.24) is 25.1 Å². The number of pyridine rings is 1. The van der Waals surface area contributed by atoms with Crippen molar-refractivity contribution >= 4 is 17.5 Å². The molecule has 2 aromatic heterocycles. The van der Waals surface area contributed by atoms with Crippen LogP contribution in [0.3, 0.4) is 0 Å². The first-order valence-electron chi connectivity index (χ1n) is 6.91. The summed E-state index contributed by atoms with van der Waals surface area (Å²) in [7, 11) is 1.78. The molecular formula is C14H18ClN5O2. The molecule has 0 unspecified atom stereocenters. The second kappa shape index (κ2) is 6.74. The largest absolute Gasteiger partial charge is 0.342 e. The fourth-order valence-electron chi connectivity index (χ4n) is 2.15. The van der Waals surface area contributed by atoms with E-state index in [-0.39, 0.29) is 17.0 Å². The van der Waals surface area contributed by atoms with Crippen molar-refractivity contribution in [2.45, 2.75) is 26.3 Å². The summed E-state index contributed by atoms with van der Waals surface area (Å²) in [4.78, 5) is 30.2. The summed E-state index contributed by atoms with van der Waals surface area (Å²) in [5.74, 6) is 0.713. The molecule has 1 atom stereocenters. The minimum Gasteiger partial charge on any atom is -0.342 e. The van der Waals surface area contributed by atoms with Gasteiger partial charge in [-0.1, -0.05) is 25.4 Å². The first-order valence-corrected chi connectivity index (χ1v) is 7.29. The predicted octanol–water partition coefficient (Wildman–Crippen LogP) is 1.67. The van der Waals surface area contributed by atoms with Gasteiger partial charge in [0.25, 0.3) is 11.5 Å². The second-order valence-corrected chi connectivity index (χ2v) is 5.87. The van der Waals surface area contributed by atoms with Crippen LogP contribution in [0, 0.1) is 5.92 Å². The highest BCUT2D eigenvalue weighted by Crippen LogP contribution is 2.19. The van der Waals surface area contributed by atoms with Crippen molar-refractivity contribution in [2.75, 3.05) is 0 Å². The van der Waals surface area contributed by atoms with Crippen molar-refractivity contribution in [3.8, 4) is 0 Å². The molecule has 2 heterocycles. The molecule has 0 radical (unpaired) electrons. The van der Waals surface area contributed by atoms with E-state index in [0.717, 1.165) is 6.42 Å². The van der Waals surface area contributed by atoms with Gasteiger partial charge in [0.15, 0.2) is 0 Å². The van der Waals surface area contributed by atoms with E-state index in [2.05, 4.69) is 34.2 Å². The number of hydrogen-bond acceptors (Lipinski definition) is 4. The molecule has 0 aliphatic rings. The molecule has 7 nitrogen and oxygen atoms in total. The molecule has 118 valence electrons. The van der Waals surface area contributed by atoms with Gasteiger partial charge >= 0.3 is 0 Å². The summed E-state index contributed by atoms with van der Waals surface area (Å²) in [5.41, 5.74) is -0.134. The Hall–Kier alpha value is -2.15. The topological polar surface area (TPSA) is 92.7 Å². The molecule has 0 spiro atoms. The van der Waals surface area contributed by atoms with E-state index in [4.69, 9.17) is 11.6 Å². The lowest BCUT2D eigenvalue weighted by Crippen LogP contribution is -2.31. The smallest absolute Gasteiger partial charge is 0.266 e. The Morgan fingerprint density at radius 3 is 2.77 bits per heavy atom. The summed E-state index contributed by atoms with van der Waals surface area (Å²) in [5, 5.41) is 6.93. The summed E-state index contributed by atoms with van der Waals surface area (Å²) < 4.78 is 1.63. The van der Waals surface area contributed by atoms with E-state index < -0.39 is 5.56 Å². The van der Waals surface area contributed by atoms with Gasteiger partial charge in [-0.05, 0) is 18.4 Å². The number of aromatic amines is 1. The maximum absolute atomic E-state index is 12.4. The van der Waals surface area contributed by atoms with E-state index in [9.17, 15) is 9.59 Å². The lowest BCUT2D eigenvalue weighted by molar-refractivity contribution is 0.0928. The minimum absolute atomic E-state index is 0.0216. The van der Waals surface area contributed by atoms with Crippen LogP contribution in [0.2, 0.25) is 5.02 Å². The van der Waals surface area contributed by atoms with E-state index in [1.54, 1.807) is 11.7 Å². The van der Waals surface area contributed by atoms with Gasteiger partial charge in [0.05, 0.1) is 11.6 Å². The Balaban J connectivity index is 2.23. The number of nitrogens with one attached hydrogen (secondary N) is 2. The first kappa shape index (κ1) is 16.2. The zero-order valence-corrected chi connectivity index (χ0v) is 13.4. The third kappa shape index (κ3) is 3.73. The number of rotatable bonds is 5. The highest BCUT2D eigenvalue weighted by Gasteiger charge is 2.21. The SMILES string of the molecule is CC(C)C[C@H](NC(=O)c1c[nH]c(=O)c(Cl)c1)c1ncnn1C. The third-order valence-electron chi connectivity index (χ3n) is 3.19. The van der Waals surface area contributed by atoms with Crippen LogP contribution in [0.25, 0.3) is 0 Å². The summed E-state index contributed by atoms with van der Waals surface area (Å²) >= 11 is 5.75. The third-order valence-corrected chi connectivity index (χ3v) is 3.47. The zero-order valence-electron chi connectivity index (χ0n) is 12.6. The van der Waals surface area contributed by atoms with Crippen LogP contribution in [0.4, 0.5) is 0 Å². The Kier molecular flexibility index (Phi) is 4.97. The molecule has 22 heavy (non-hydrogen) atoms. The molecule has 8 heteroatoms. The number of aryl methyl sites for hydroxylation is 1. The monoisotopic (exact) mass is 323 g/mol. The molecule has 0 fully saturated rings. The Morgan fingerprint density at radius 1 is 1.50 bits per heavy atom. The Labute approximate surface area is 132 Å². The number of H-pyrrole nitrogens is 1. The molecule has 0 aromatic carbocycles. The maximum Gasteiger partial charge on any atom is 0.266 e. The zero-order chi connectivity index (χ0) is 16.3. The number of nitrogens with zero attached hydrogens (tertiary/aromatic N) is 3. The molecule has 2 aromatic rings. The second-order valence-electron chi connectivity index (χ2n) is 5.46. The van der Waals surface area contributed by atoms with Crippen molar-refractivity contribution < 1.29 is 4.79 Å². The lowest BCUT2D eigenvalue weighted by Gasteiger charge is -2.19. The van der Waals surface area contributed by atoms with Crippen LogP contribution in [0.15, 0.2) is 23.4 Å². The number of halogens is 1. The molecule has 2 rings (SSSR count). The molecule has 0 saturated carbocycles. The van der Waals surface area contributed by atoms with E-state index in [1.165, 1.54) is 18.6 Å². The highest BCUT2D eigenvalue weighted by molar-refractivity contribution is 6.30. The Morgan fingerprint density at radius 2 is 2.23 bits per heavy atom. The van der Waals surface area contributed by atoms with Crippen molar-refractivity contribution in [1.29, 1.82) is 0 Å². The molecule has 0 aliphatic carbocycles. The number of hydrogen-bond donors (Lipinski definition) is 2. The van der Waals surface area contributed by atoms with Crippen molar-refractivity contribution in [3.05, 3.63) is 45.4 Å². The molecular weight excluding hydrogens is 306 g/mol. The van der Waals surface area contributed by atoms with E-state index in [0.29, 0.717) is 17.3 Å². The van der Waals surface area contributed by atoms with Crippen molar-refractivity contribution in [3.63, 3.8) is 0 Å². The number of amides is 1. The molecule has 0 saturated heterocycles. The average molecular weight is 324 g/mol. The molecule has 1 amide bonds. The van der Waals surface area contributed by atoms with Gasteiger partial charge in [0.2, 0.25) is 0 Å². The van der Waals surface area contributed by atoms with E-state index in [1.807, 2.05) is 0 Å². The lowest BCUT2D eigenvalue weighted by atomic mass is 10.0. The quantitative estimate of drug-likeness (QED) is 0.875. The summed E-state index contributed by atoms with van der Waals surface area (Å²) in [6.45, 7) is 4.12. The average Bonchev–Trinajstić information content (AvgIpc) is 2.86. The van der Waals surface area contributed by atoms with Crippen LogP contribution in [-0.2, 0) is 7.05 Å². The van der Waals surface area contributed by atoms with Crippen LogP contribution in [-0.4, -0.2) is 25.7 Å². The van der Waals surface area contributed by atoms with Crippen molar-refractivity contribution in [2.24, 2.45) is 13.0 Å². The highest BCUT2D eigenvalue weighted by atomic mass is 35.5. The number of aromatic nitrogens is 4. The standard InChI is InChI=1S/C14H18ClN5O2/c1-8(2)4-11(12-17-7-18-20(12)3)19-13(21)9-5-10(15)14(22)16-6-9/h5-8,11H,4H2,1-3H3,(H,16,22)(H,19,21)/t11-/m0/s1. The minimum atomic E-state index is -0.426. The molecule has 2 N–H and O–H groups in total. The van der Waals surface area contributed by atoms with Gasteiger partial charge in [0.1, 0.15) is 17.2 Å². The predicted molar refractivity (Wildman–Crippen MR) is 82.7 cm³/mol. The van der Waals surface area contributed by atoms with Crippen LogP contribution >= 0.6 is 11.6 Å². The van der Waals surface area contributed by atoms with Crippen LogP contribution < -0.4 is 10.9 Å². The van der Waals surface area contributed by atoms with Gasteiger partial charge < -0.3 is 10.3 Å². The normalized spacial score (nSPS) is 12.4. The first-order chi connectivity index (χ1) is 10.4. The fraction of sp³-hybridized carbons (Fsp3) is 0.429. The maximum atomic E-state index is 12.4. The summed E-state index contributed by atoms with van der Waals surface area (Å²) in [6.07, 6.45) is 3.51. The fourth-order valence-corrected chi connectivity index (χ4v) is 2.32. The van der Waals surface area contributed by atoms with Gasteiger partial charge in [-0.15, -0.1) is 0 Å². The van der Waals surface area contributed by atoms with Crippen LogP contribution in [0.1, 0.15) is 42.5 Å². The van der Waals surface area contributed by atoms with Crippen LogP contribution in [0.5, 0.6) is 0 Å². The number of carbonyl (C=O) groups excluding carboxylic acids is 1. The van der Waals surface area contributed by atoms with Gasteiger partial charge in [-0.3, -0.25) is 14.3 Å². The van der Waals surface area contributed by atoms with Gasteiger partial charge in [-0.2, -0.15) is 5.10 Å². The Bertz CT molecular complexity index is 722. The van der Waals surface area contributed by atoms with Gasteiger partial charge in [0, 0.05) is 13.2 Å². The summed E-state index contributed by atoms with van der Waals surface area (Å²) in [6, 6.07) is 1.07. The number of carbonyl (C=O) groups is 1.